The van der Waals surface area contributed by atoms with Gasteiger partial charge in [0.05, 0.1) is 24.3 Å². The third-order valence-electron chi connectivity index (χ3n) is 7.19. The molecule has 28 heavy (non-hydrogen) atoms. The van der Waals surface area contributed by atoms with Gasteiger partial charge in [-0.15, -0.1) is 0 Å². The first-order valence-electron chi connectivity index (χ1n) is 10.3. The lowest BCUT2D eigenvalue weighted by Gasteiger charge is -2.54. The summed E-state index contributed by atoms with van der Waals surface area (Å²) in [4.78, 5) is 47.2. The molecule has 8 heteroatoms. The summed E-state index contributed by atoms with van der Waals surface area (Å²) in [5, 5.41) is 3.48. The minimum absolute atomic E-state index is 0.0230. The number of aryl methyl sites for hydroxylation is 1. The van der Waals surface area contributed by atoms with Crippen molar-refractivity contribution in [1.29, 1.82) is 0 Å². The average molecular weight is 385 g/mol. The number of amides is 2. The highest BCUT2D eigenvalue weighted by atomic mass is 16.2. The van der Waals surface area contributed by atoms with Crippen LogP contribution in [0.4, 0.5) is 0 Å². The van der Waals surface area contributed by atoms with E-state index in [1.807, 2.05) is 4.90 Å². The molecule has 150 valence electrons. The second-order valence-electron chi connectivity index (χ2n) is 8.76. The van der Waals surface area contributed by atoms with E-state index in [-0.39, 0.29) is 29.3 Å². The van der Waals surface area contributed by atoms with Crippen LogP contribution in [0.2, 0.25) is 0 Å². The van der Waals surface area contributed by atoms with Gasteiger partial charge in [-0.05, 0) is 38.6 Å². The zero-order valence-electron chi connectivity index (χ0n) is 16.5. The average Bonchev–Trinajstić information content (AvgIpc) is 3.11. The van der Waals surface area contributed by atoms with E-state index in [9.17, 15) is 14.4 Å². The summed E-state index contributed by atoms with van der Waals surface area (Å²) >= 11 is 0. The standard InChI is InChI=1S/C20H27N5O3/c1-11-22-15-10-24(9-14(15)19(27)23(11)2)20(28)18-13-6-12(7-21-8-13)16-4-3-5-17(26)25(16)18/h12-13,16,18,21H,3-10H2,1-2H3/t12-,13+,16+,18-/m1/s1. The summed E-state index contributed by atoms with van der Waals surface area (Å²) in [6.07, 6.45) is 3.43. The summed E-state index contributed by atoms with van der Waals surface area (Å²) < 4.78 is 1.53. The van der Waals surface area contributed by atoms with E-state index in [2.05, 4.69) is 10.3 Å². The molecule has 2 amide bonds. The second kappa shape index (κ2) is 6.40. The quantitative estimate of drug-likeness (QED) is 0.731. The van der Waals surface area contributed by atoms with Crippen LogP contribution in [0.25, 0.3) is 0 Å². The second-order valence-corrected chi connectivity index (χ2v) is 8.76. The van der Waals surface area contributed by atoms with E-state index >= 15 is 0 Å². The Kier molecular flexibility index (Phi) is 4.08. The van der Waals surface area contributed by atoms with Crippen LogP contribution in [0.1, 0.15) is 42.8 Å². The first-order chi connectivity index (χ1) is 13.5. The number of hydrogen-bond acceptors (Lipinski definition) is 5. The minimum Gasteiger partial charge on any atom is -0.330 e. The van der Waals surface area contributed by atoms with Gasteiger partial charge in [-0.25, -0.2) is 4.98 Å². The fourth-order valence-electron chi connectivity index (χ4n) is 5.70. The number of carbonyl (C=O) groups excluding carboxylic acids is 2. The predicted molar refractivity (Wildman–Crippen MR) is 101 cm³/mol. The van der Waals surface area contributed by atoms with Crippen molar-refractivity contribution in [3.05, 3.63) is 27.4 Å². The molecule has 5 heterocycles. The molecule has 1 aromatic heterocycles. The molecule has 4 atom stereocenters. The molecule has 3 saturated heterocycles. The normalized spacial score (nSPS) is 31.6. The smallest absolute Gasteiger partial charge is 0.258 e. The zero-order chi connectivity index (χ0) is 19.6. The Morgan fingerprint density at radius 3 is 2.79 bits per heavy atom. The fraction of sp³-hybridized carbons (Fsp3) is 0.700. The molecule has 5 rings (SSSR count). The molecule has 0 spiro atoms. The number of aromatic nitrogens is 2. The van der Waals surface area contributed by atoms with Gasteiger partial charge in [0.15, 0.2) is 0 Å². The summed E-state index contributed by atoms with van der Waals surface area (Å²) in [5.74, 6) is 1.34. The van der Waals surface area contributed by atoms with Crippen LogP contribution in [0, 0.1) is 18.8 Å². The number of hydrogen-bond donors (Lipinski definition) is 1. The number of rotatable bonds is 1. The minimum atomic E-state index is -0.416. The van der Waals surface area contributed by atoms with Crippen LogP contribution in [0.15, 0.2) is 4.79 Å². The summed E-state index contributed by atoms with van der Waals surface area (Å²) in [7, 11) is 1.71. The predicted octanol–water partition coefficient (Wildman–Crippen LogP) is -0.0801. The van der Waals surface area contributed by atoms with Gasteiger partial charge in [0.25, 0.3) is 5.56 Å². The monoisotopic (exact) mass is 385 g/mol. The van der Waals surface area contributed by atoms with Crippen molar-refractivity contribution < 1.29 is 9.59 Å². The summed E-state index contributed by atoms with van der Waals surface area (Å²) in [6, 6.07) is -0.251. The van der Waals surface area contributed by atoms with E-state index in [1.54, 1.807) is 18.9 Å². The lowest BCUT2D eigenvalue weighted by atomic mass is 9.72. The highest BCUT2D eigenvalue weighted by molar-refractivity contribution is 5.89. The molecule has 0 aliphatic carbocycles. The molecular formula is C20H27N5O3. The van der Waals surface area contributed by atoms with Crippen LogP contribution in [-0.2, 0) is 29.7 Å². The Morgan fingerprint density at radius 2 is 1.96 bits per heavy atom. The molecule has 0 aromatic carbocycles. The number of carbonyl (C=O) groups is 2. The van der Waals surface area contributed by atoms with Crippen LogP contribution < -0.4 is 10.9 Å². The third kappa shape index (κ3) is 2.53. The number of fused-ring (bicyclic) bond motifs is 5. The molecule has 0 saturated carbocycles. The summed E-state index contributed by atoms with van der Waals surface area (Å²) in [5.41, 5.74) is 1.23. The highest BCUT2D eigenvalue weighted by Gasteiger charge is 2.51. The van der Waals surface area contributed by atoms with Gasteiger partial charge in [-0.2, -0.15) is 0 Å². The largest absolute Gasteiger partial charge is 0.330 e. The Labute approximate surface area is 163 Å². The first-order valence-corrected chi connectivity index (χ1v) is 10.3. The van der Waals surface area contributed by atoms with Crippen LogP contribution in [-0.4, -0.2) is 56.3 Å². The fourth-order valence-corrected chi connectivity index (χ4v) is 5.70. The number of nitrogens with one attached hydrogen (secondary N) is 1. The van der Waals surface area contributed by atoms with E-state index in [0.717, 1.165) is 32.4 Å². The Hall–Kier alpha value is -2.22. The van der Waals surface area contributed by atoms with Gasteiger partial charge in [-0.3, -0.25) is 19.0 Å². The molecule has 0 radical (unpaired) electrons. The number of nitrogens with zero attached hydrogens (tertiary/aromatic N) is 4. The third-order valence-corrected chi connectivity index (χ3v) is 7.19. The van der Waals surface area contributed by atoms with Gasteiger partial charge in [0.1, 0.15) is 11.9 Å². The number of piperidine rings is 3. The Balaban J connectivity index is 1.46. The molecule has 4 aliphatic rings. The molecule has 0 unspecified atom stereocenters. The van der Waals surface area contributed by atoms with Crippen LogP contribution in [0.3, 0.4) is 0 Å². The van der Waals surface area contributed by atoms with Crippen molar-refractivity contribution in [3.8, 4) is 0 Å². The van der Waals surface area contributed by atoms with Gasteiger partial charge in [0, 0.05) is 32.0 Å². The van der Waals surface area contributed by atoms with Gasteiger partial charge in [0.2, 0.25) is 11.8 Å². The van der Waals surface area contributed by atoms with Crippen molar-refractivity contribution in [2.45, 2.75) is 57.8 Å². The maximum Gasteiger partial charge on any atom is 0.258 e. The lowest BCUT2D eigenvalue weighted by molar-refractivity contribution is -0.162. The molecule has 2 bridgehead atoms. The SMILES string of the molecule is Cc1nc2c(c(=O)n1C)CN(C(=O)[C@H]1[C@@H]3CNC[C@@H](C3)[C@@H]3CCCC(=O)N31)C2. The molecule has 4 aliphatic heterocycles. The lowest BCUT2D eigenvalue weighted by Crippen LogP contribution is -2.68. The van der Waals surface area contributed by atoms with E-state index in [0.29, 0.717) is 42.5 Å². The summed E-state index contributed by atoms with van der Waals surface area (Å²) in [6.45, 7) is 4.15. The maximum atomic E-state index is 13.6. The Morgan fingerprint density at radius 1 is 1.18 bits per heavy atom. The van der Waals surface area contributed by atoms with Crippen molar-refractivity contribution in [3.63, 3.8) is 0 Å². The first kappa shape index (κ1) is 17.8. The van der Waals surface area contributed by atoms with Gasteiger partial charge >= 0.3 is 0 Å². The topological polar surface area (TPSA) is 87.5 Å². The maximum absolute atomic E-state index is 13.6. The molecule has 1 N–H and O–H groups in total. The molecule has 8 nitrogen and oxygen atoms in total. The molecular weight excluding hydrogens is 358 g/mol. The van der Waals surface area contributed by atoms with E-state index in [1.165, 1.54) is 4.57 Å². The Bertz CT molecular complexity index is 910. The van der Waals surface area contributed by atoms with Gasteiger partial charge < -0.3 is 15.1 Å². The zero-order valence-corrected chi connectivity index (χ0v) is 16.5. The van der Waals surface area contributed by atoms with Crippen molar-refractivity contribution in [2.24, 2.45) is 18.9 Å². The highest BCUT2D eigenvalue weighted by Crippen LogP contribution is 2.40. The van der Waals surface area contributed by atoms with Crippen LogP contribution in [0.5, 0.6) is 0 Å². The van der Waals surface area contributed by atoms with E-state index in [4.69, 9.17) is 0 Å². The molecule has 3 fully saturated rings. The van der Waals surface area contributed by atoms with Crippen LogP contribution >= 0.6 is 0 Å². The van der Waals surface area contributed by atoms with Gasteiger partial charge in [-0.1, -0.05) is 0 Å². The molecule has 1 aromatic rings. The van der Waals surface area contributed by atoms with Crippen molar-refractivity contribution in [2.75, 3.05) is 13.1 Å². The van der Waals surface area contributed by atoms with Crippen molar-refractivity contribution in [1.82, 2.24) is 24.7 Å². The van der Waals surface area contributed by atoms with Crippen molar-refractivity contribution >= 4 is 11.8 Å². The van der Waals surface area contributed by atoms with E-state index < -0.39 is 6.04 Å².